The van der Waals surface area contributed by atoms with Gasteiger partial charge < -0.3 is 4.90 Å². The number of benzene rings is 1. The molecule has 5 heteroatoms. The summed E-state index contributed by atoms with van der Waals surface area (Å²) in [6, 6.07) is 9.19. The monoisotopic (exact) mass is 340 g/mol. The molecule has 0 radical (unpaired) electrons. The number of hydrogen-bond acceptors (Lipinski definition) is 3. The van der Waals surface area contributed by atoms with E-state index < -0.39 is 0 Å². The van der Waals surface area contributed by atoms with Gasteiger partial charge in [0.05, 0.1) is 11.9 Å². The maximum atomic E-state index is 5.89. The number of aromatic nitrogens is 2. The second kappa shape index (κ2) is 7.94. The lowest BCUT2D eigenvalue weighted by atomic mass is 10.2. The van der Waals surface area contributed by atoms with Gasteiger partial charge >= 0.3 is 0 Å². The zero-order valence-electron chi connectivity index (χ0n) is 14.4. The van der Waals surface area contributed by atoms with Gasteiger partial charge in [-0.2, -0.15) is 4.98 Å². The van der Waals surface area contributed by atoms with Crippen molar-refractivity contribution in [2.75, 3.05) is 0 Å². The van der Waals surface area contributed by atoms with E-state index in [-0.39, 0.29) is 5.15 Å². The van der Waals surface area contributed by atoms with Gasteiger partial charge in [0, 0.05) is 18.3 Å². The number of fused-ring (bicyclic) bond motifs is 1. The number of hydrogen-bond donors (Lipinski definition) is 0. The van der Waals surface area contributed by atoms with E-state index in [0.717, 1.165) is 0 Å². The van der Waals surface area contributed by atoms with E-state index in [4.69, 9.17) is 18.0 Å². The highest BCUT2D eigenvalue weighted by Gasteiger charge is 2.09. The van der Waals surface area contributed by atoms with Crippen molar-refractivity contribution in [1.29, 1.82) is 0 Å². The van der Waals surface area contributed by atoms with Gasteiger partial charge in [-0.15, -0.1) is 6.42 Å². The molecule has 0 saturated carbocycles. The van der Waals surface area contributed by atoms with E-state index in [1.165, 1.54) is 17.3 Å². The van der Waals surface area contributed by atoms with Gasteiger partial charge in [-0.05, 0) is 44.9 Å². The Kier molecular flexibility index (Phi) is 5.94. The van der Waals surface area contributed by atoms with Crippen molar-refractivity contribution in [3.05, 3.63) is 41.2 Å². The molecule has 2 aliphatic carbocycles. The lowest BCUT2D eigenvalue weighted by Crippen LogP contribution is -2.35. The molecule has 0 aliphatic heterocycles. The molecule has 0 amide bonds. The molecule has 1 aromatic heterocycles. The van der Waals surface area contributed by atoms with Gasteiger partial charge in [-0.1, -0.05) is 35.7 Å². The summed E-state index contributed by atoms with van der Waals surface area (Å²) in [6.07, 6.45) is 8.47. The van der Waals surface area contributed by atoms with Crippen LogP contribution in [0.15, 0.2) is 35.5 Å². The van der Waals surface area contributed by atoms with E-state index in [1.54, 1.807) is 6.34 Å². The van der Waals surface area contributed by atoms with Crippen LogP contribution in [-0.2, 0) is 0 Å². The molecule has 124 valence electrons. The maximum Gasteiger partial charge on any atom is 0.252 e. The maximum absolute atomic E-state index is 5.89. The summed E-state index contributed by atoms with van der Waals surface area (Å²) in [5.74, 6) is 2.72. The van der Waals surface area contributed by atoms with Gasteiger partial charge in [0.2, 0.25) is 0 Å². The van der Waals surface area contributed by atoms with Crippen LogP contribution in [0.4, 0.5) is 5.95 Å². The molecule has 0 bridgehead atoms. The molecule has 2 aliphatic rings. The molecule has 0 unspecified atom stereocenters. The van der Waals surface area contributed by atoms with Gasteiger partial charge in [0.15, 0.2) is 0 Å². The highest BCUT2D eigenvalue weighted by molar-refractivity contribution is 6.30. The van der Waals surface area contributed by atoms with Gasteiger partial charge in [-0.3, -0.25) is 0 Å². The molecule has 3 rings (SSSR count). The summed E-state index contributed by atoms with van der Waals surface area (Å²) in [7, 11) is 0. The highest BCUT2D eigenvalue weighted by atomic mass is 35.5. The van der Waals surface area contributed by atoms with Gasteiger partial charge in [-0.25, -0.2) is 9.98 Å². The molecule has 1 aromatic rings. The Balaban J connectivity index is 0.000000282. The Morgan fingerprint density at radius 1 is 1.21 bits per heavy atom. The normalized spacial score (nSPS) is 11.2. The quantitative estimate of drug-likeness (QED) is 0.302. The standard InChI is InChI=1S/C13H17ClN4.C6H4/c1-6-11-7-15-13(17-12(11)14)16-8-18(9(2)3)10(4)5;1-2-5-4-6(5)3-1/h1,7-10H,2-5H3;1-4H. The van der Waals surface area contributed by atoms with Gasteiger partial charge in [0.1, 0.15) is 5.15 Å². The fraction of sp³-hybridized carbons (Fsp3) is 0.316. The summed E-state index contributed by atoms with van der Waals surface area (Å²) in [5.41, 5.74) is 3.32. The van der Waals surface area contributed by atoms with Crippen molar-refractivity contribution in [3.8, 4) is 23.5 Å². The molecule has 1 heterocycles. The Labute approximate surface area is 148 Å². The van der Waals surface area contributed by atoms with Crippen molar-refractivity contribution in [1.82, 2.24) is 14.9 Å². The minimum absolute atomic E-state index is 0.250. The number of rotatable bonds is 4. The van der Waals surface area contributed by atoms with Crippen LogP contribution in [-0.4, -0.2) is 33.3 Å². The first-order chi connectivity index (χ1) is 11.4. The zero-order valence-corrected chi connectivity index (χ0v) is 15.1. The van der Waals surface area contributed by atoms with Gasteiger partial charge in [0.25, 0.3) is 5.95 Å². The largest absolute Gasteiger partial charge is 0.358 e. The van der Waals surface area contributed by atoms with Crippen molar-refractivity contribution in [2.45, 2.75) is 39.8 Å². The lowest BCUT2D eigenvalue weighted by molar-refractivity contribution is 0.301. The summed E-state index contributed by atoms with van der Waals surface area (Å²) >= 11 is 5.89. The third-order valence-electron chi connectivity index (χ3n) is 3.50. The Hall–Kier alpha value is -2.38. The average molecular weight is 341 g/mol. The predicted octanol–water partition coefficient (Wildman–Crippen LogP) is 4.56. The van der Waals surface area contributed by atoms with E-state index in [1.807, 2.05) is 0 Å². The number of terminal acetylenes is 1. The van der Waals surface area contributed by atoms with E-state index >= 15 is 0 Å². The summed E-state index contributed by atoms with van der Waals surface area (Å²) < 4.78 is 0. The first-order valence-corrected chi connectivity index (χ1v) is 8.21. The van der Waals surface area contributed by atoms with Crippen LogP contribution in [0.1, 0.15) is 33.3 Å². The smallest absolute Gasteiger partial charge is 0.252 e. The highest BCUT2D eigenvalue weighted by Crippen LogP contribution is 2.32. The van der Waals surface area contributed by atoms with Crippen LogP contribution >= 0.6 is 11.6 Å². The van der Waals surface area contributed by atoms with Crippen LogP contribution in [0.2, 0.25) is 5.15 Å². The third kappa shape index (κ3) is 4.81. The molecule has 0 fully saturated rings. The molecule has 0 spiro atoms. The Bertz CT molecular complexity index is 750. The second-order valence-electron chi connectivity index (χ2n) is 5.98. The van der Waals surface area contributed by atoms with Crippen molar-refractivity contribution >= 4 is 23.9 Å². The van der Waals surface area contributed by atoms with Crippen LogP contribution in [0.3, 0.4) is 0 Å². The van der Waals surface area contributed by atoms with Crippen molar-refractivity contribution < 1.29 is 0 Å². The van der Waals surface area contributed by atoms with E-state index in [2.05, 4.69) is 77.7 Å². The summed E-state index contributed by atoms with van der Waals surface area (Å²) in [6.45, 7) is 8.39. The third-order valence-corrected chi connectivity index (χ3v) is 3.78. The second-order valence-corrected chi connectivity index (χ2v) is 6.34. The molecule has 0 N–H and O–H groups in total. The van der Waals surface area contributed by atoms with E-state index in [0.29, 0.717) is 23.6 Å². The minimum atomic E-state index is 0.250. The van der Waals surface area contributed by atoms with Crippen molar-refractivity contribution in [2.24, 2.45) is 4.99 Å². The summed E-state index contributed by atoms with van der Waals surface area (Å²) in [5, 5.41) is 0.250. The first kappa shape index (κ1) is 18.0. The van der Waals surface area contributed by atoms with Crippen molar-refractivity contribution in [3.63, 3.8) is 0 Å². The van der Waals surface area contributed by atoms with E-state index in [9.17, 15) is 0 Å². The molecule has 0 saturated heterocycles. The van der Waals surface area contributed by atoms with Crippen LogP contribution in [0, 0.1) is 12.3 Å². The molecule has 0 aromatic carbocycles. The SMILES string of the molecule is C#Cc1cnc(N=CN(C(C)C)C(C)C)nc1Cl.c1cc2cc-2c1. The number of aliphatic imine (C=N–C) groups is 1. The molecule has 24 heavy (non-hydrogen) atoms. The fourth-order valence-corrected chi connectivity index (χ4v) is 2.35. The van der Waals surface area contributed by atoms with Crippen LogP contribution in [0.5, 0.6) is 0 Å². The number of halogens is 1. The first-order valence-electron chi connectivity index (χ1n) is 7.83. The van der Waals surface area contributed by atoms with Crippen LogP contribution < -0.4 is 0 Å². The lowest BCUT2D eigenvalue weighted by Gasteiger charge is -2.27. The Morgan fingerprint density at radius 3 is 2.21 bits per heavy atom. The van der Waals surface area contributed by atoms with Crippen LogP contribution in [0.25, 0.3) is 11.1 Å². The summed E-state index contributed by atoms with van der Waals surface area (Å²) in [4.78, 5) is 14.4. The predicted molar refractivity (Wildman–Crippen MR) is 101 cm³/mol. The molecular formula is C19H21ClN4. The molecule has 4 nitrogen and oxygen atoms in total. The molecular weight excluding hydrogens is 320 g/mol. The topological polar surface area (TPSA) is 41.4 Å². The fourth-order valence-electron chi connectivity index (χ4n) is 2.17. The zero-order chi connectivity index (χ0) is 17.7. The minimum Gasteiger partial charge on any atom is -0.358 e. The Morgan fingerprint density at radius 2 is 1.83 bits per heavy atom. The average Bonchev–Trinajstić information content (AvgIpc) is 3.13. The molecule has 0 atom stereocenters. The number of nitrogens with zero attached hydrogens (tertiary/aromatic N) is 4.